The lowest BCUT2D eigenvalue weighted by molar-refractivity contribution is 0.172. The molecule has 1 rings (SSSR count). The van der Waals surface area contributed by atoms with E-state index in [2.05, 4.69) is 52.0 Å². The van der Waals surface area contributed by atoms with Crippen LogP contribution in [-0.2, 0) is 0 Å². The van der Waals surface area contributed by atoms with Crippen LogP contribution in [0.15, 0.2) is 0 Å². The molecule has 1 aliphatic rings. The standard InChI is InChI=1S/C14H30N2/c1-11(14(2,3)4)15-12-8-7-9-13(10-12)16(5)6/h11-13,15H,7-10H2,1-6H3. The summed E-state index contributed by atoms with van der Waals surface area (Å²) in [5.74, 6) is 0. The molecule has 0 bridgehead atoms. The van der Waals surface area contributed by atoms with Gasteiger partial charge in [0, 0.05) is 18.1 Å². The Hall–Kier alpha value is -0.0800. The van der Waals surface area contributed by atoms with E-state index >= 15 is 0 Å². The fraction of sp³-hybridized carbons (Fsp3) is 1.00. The minimum Gasteiger partial charge on any atom is -0.311 e. The molecular weight excluding hydrogens is 196 g/mol. The maximum Gasteiger partial charge on any atom is 0.0104 e. The molecule has 3 unspecified atom stereocenters. The molecule has 0 spiro atoms. The molecule has 0 aliphatic heterocycles. The van der Waals surface area contributed by atoms with Gasteiger partial charge >= 0.3 is 0 Å². The van der Waals surface area contributed by atoms with Crippen LogP contribution in [0, 0.1) is 5.41 Å². The van der Waals surface area contributed by atoms with Crippen molar-refractivity contribution >= 4 is 0 Å². The summed E-state index contributed by atoms with van der Waals surface area (Å²) in [5.41, 5.74) is 0.366. The van der Waals surface area contributed by atoms with Crippen molar-refractivity contribution in [3.63, 3.8) is 0 Å². The lowest BCUT2D eigenvalue weighted by Crippen LogP contribution is -2.48. The van der Waals surface area contributed by atoms with Crippen LogP contribution in [-0.4, -0.2) is 37.1 Å². The average molecular weight is 226 g/mol. The van der Waals surface area contributed by atoms with Crippen LogP contribution in [0.4, 0.5) is 0 Å². The van der Waals surface area contributed by atoms with Gasteiger partial charge in [-0.05, 0) is 45.7 Å². The summed E-state index contributed by atoms with van der Waals surface area (Å²) in [7, 11) is 4.42. The fourth-order valence-electron chi connectivity index (χ4n) is 2.39. The fourth-order valence-corrected chi connectivity index (χ4v) is 2.39. The third-order valence-electron chi connectivity index (χ3n) is 4.16. The van der Waals surface area contributed by atoms with E-state index < -0.39 is 0 Å². The summed E-state index contributed by atoms with van der Waals surface area (Å²) in [5, 5.41) is 3.82. The van der Waals surface area contributed by atoms with Gasteiger partial charge in [0.2, 0.25) is 0 Å². The quantitative estimate of drug-likeness (QED) is 0.796. The smallest absolute Gasteiger partial charge is 0.0104 e. The van der Waals surface area contributed by atoms with E-state index in [4.69, 9.17) is 0 Å². The third-order valence-corrected chi connectivity index (χ3v) is 4.16. The number of rotatable bonds is 3. The Bertz CT molecular complexity index is 205. The Morgan fingerprint density at radius 2 is 1.81 bits per heavy atom. The van der Waals surface area contributed by atoms with Gasteiger partial charge in [0.1, 0.15) is 0 Å². The predicted octanol–water partition coefficient (Wildman–Crippen LogP) is 2.88. The Morgan fingerprint density at radius 1 is 1.19 bits per heavy atom. The van der Waals surface area contributed by atoms with Crippen LogP contribution in [0.5, 0.6) is 0 Å². The molecule has 2 heteroatoms. The zero-order valence-electron chi connectivity index (χ0n) is 12.0. The lowest BCUT2D eigenvalue weighted by Gasteiger charge is -2.38. The molecule has 0 saturated heterocycles. The summed E-state index contributed by atoms with van der Waals surface area (Å²) < 4.78 is 0. The zero-order chi connectivity index (χ0) is 12.3. The van der Waals surface area contributed by atoms with Gasteiger partial charge in [0.25, 0.3) is 0 Å². The molecule has 0 amide bonds. The summed E-state index contributed by atoms with van der Waals surface area (Å²) in [4.78, 5) is 2.38. The van der Waals surface area contributed by atoms with Gasteiger partial charge in [0.15, 0.2) is 0 Å². The van der Waals surface area contributed by atoms with Crippen molar-refractivity contribution in [1.82, 2.24) is 10.2 Å². The molecule has 0 heterocycles. The first-order chi connectivity index (χ1) is 7.30. The van der Waals surface area contributed by atoms with Gasteiger partial charge in [0.05, 0.1) is 0 Å². The molecule has 0 radical (unpaired) electrons. The Balaban J connectivity index is 2.43. The van der Waals surface area contributed by atoms with E-state index in [-0.39, 0.29) is 0 Å². The minimum atomic E-state index is 0.366. The molecule has 16 heavy (non-hydrogen) atoms. The Kier molecular flexibility index (Phi) is 4.81. The van der Waals surface area contributed by atoms with E-state index in [1.54, 1.807) is 0 Å². The zero-order valence-corrected chi connectivity index (χ0v) is 12.0. The first-order valence-corrected chi connectivity index (χ1v) is 6.73. The second kappa shape index (κ2) is 5.50. The van der Waals surface area contributed by atoms with Crippen LogP contribution in [0.3, 0.4) is 0 Å². The first kappa shape index (κ1) is 14.0. The molecule has 1 N–H and O–H groups in total. The largest absolute Gasteiger partial charge is 0.311 e. The van der Waals surface area contributed by atoms with Gasteiger partial charge in [-0.1, -0.05) is 27.2 Å². The van der Waals surface area contributed by atoms with E-state index in [1.807, 2.05) is 0 Å². The van der Waals surface area contributed by atoms with Crippen molar-refractivity contribution in [2.75, 3.05) is 14.1 Å². The highest BCUT2D eigenvalue weighted by Gasteiger charge is 2.27. The minimum absolute atomic E-state index is 0.366. The molecule has 1 fully saturated rings. The molecule has 1 saturated carbocycles. The number of nitrogens with one attached hydrogen (secondary N) is 1. The maximum atomic E-state index is 3.82. The van der Waals surface area contributed by atoms with Crippen molar-refractivity contribution in [3.8, 4) is 0 Å². The highest BCUT2D eigenvalue weighted by atomic mass is 15.1. The normalized spacial score (nSPS) is 29.4. The molecule has 3 atom stereocenters. The maximum absolute atomic E-state index is 3.82. The topological polar surface area (TPSA) is 15.3 Å². The van der Waals surface area contributed by atoms with Gasteiger partial charge in [-0.2, -0.15) is 0 Å². The summed E-state index contributed by atoms with van der Waals surface area (Å²) in [6.07, 6.45) is 5.41. The summed E-state index contributed by atoms with van der Waals surface area (Å²) in [6, 6.07) is 2.09. The monoisotopic (exact) mass is 226 g/mol. The van der Waals surface area contributed by atoms with Crippen molar-refractivity contribution in [2.45, 2.75) is 71.5 Å². The first-order valence-electron chi connectivity index (χ1n) is 6.73. The van der Waals surface area contributed by atoms with E-state index in [0.717, 1.165) is 12.1 Å². The van der Waals surface area contributed by atoms with Crippen LogP contribution in [0.1, 0.15) is 53.4 Å². The molecule has 0 aromatic carbocycles. The van der Waals surface area contributed by atoms with Crippen molar-refractivity contribution in [3.05, 3.63) is 0 Å². The van der Waals surface area contributed by atoms with Gasteiger partial charge in [-0.25, -0.2) is 0 Å². The second-order valence-electron chi connectivity index (χ2n) is 6.74. The summed E-state index contributed by atoms with van der Waals surface area (Å²) >= 11 is 0. The third kappa shape index (κ3) is 4.06. The summed E-state index contributed by atoms with van der Waals surface area (Å²) in [6.45, 7) is 9.27. The highest BCUT2D eigenvalue weighted by Crippen LogP contribution is 2.25. The number of hydrogen-bond acceptors (Lipinski definition) is 2. The highest BCUT2D eigenvalue weighted by molar-refractivity contribution is 4.86. The molecular formula is C14H30N2. The van der Waals surface area contributed by atoms with E-state index in [9.17, 15) is 0 Å². The number of nitrogens with zero attached hydrogens (tertiary/aromatic N) is 1. The van der Waals surface area contributed by atoms with Gasteiger partial charge in [-0.3, -0.25) is 0 Å². The number of hydrogen-bond donors (Lipinski definition) is 1. The molecule has 0 aromatic heterocycles. The lowest BCUT2D eigenvalue weighted by atomic mass is 9.85. The van der Waals surface area contributed by atoms with Crippen molar-refractivity contribution in [1.29, 1.82) is 0 Å². The van der Waals surface area contributed by atoms with Crippen molar-refractivity contribution < 1.29 is 0 Å². The second-order valence-corrected chi connectivity index (χ2v) is 6.74. The predicted molar refractivity (Wildman–Crippen MR) is 71.8 cm³/mol. The molecule has 1 aliphatic carbocycles. The Labute approximate surface area is 102 Å². The van der Waals surface area contributed by atoms with Crippen molar-refractivity contribution in [2.24, 2.45) is 5.41 Å². The van der Waals surface area contributed by atoms with Gasteiger partial charge < -0.3 is 10.2 Å². The van der Waals surface area contributed by atoms with E-state index in [1.165, 1.54) is 25.7 Å². The Morgan fingerprint density at radius 3 is 2.31 bits per heavy atom. The molecule has 2 nitrogen and oxygen atoms in total. The van der Waals surface area contributed by atoms with Crippen LogP contribution < -0.4 is 5.32 Å². The van der Waals surface area contributed by atoms with Crippen LogP contribution in [0.25, 0.3) is 0 Å². The molecule has 0 aromatic rings. The average Bonchev–Trinajstić information content (AvgIpc) is 2.16. The molecule has 96 valence electrons. The van der Waals surface area contributed by atoms with E-state index in [0.29, 0.717) is 11.5 Å². The van der Waals surface area contributed by atoms with Crippen LogP contribution in [0.2, 0.25) is 0 Å². The SMILES string of the molecule is CC(NC1CCCC(N(C)C)C1)C(C)(C)C. The van der Waals surface area contributed by atoms with Crippen LogP contribution >= 0.6 is 0 Å². The van der Waals surface area contributed by atoms with Gasteiger partial charge in [-0.15, -0.1) is 0 Å².